The highest BCUT2D eigenvalue weighted by Gasteiger charge is 2.24. The summed E-state index contributed by atoms with van der Waals surface area (Å²) in [5.41, 5.74) is 3.34. The second-order valence-corrected chi connectivity index (χ2v) is 3.66. The summed E-state index contributed by atoms with van der Waals surface area (Å²) in [7, 11) is 0. The van der Waals surface area contributed by atoms with Crippen LogP contribution in [0.3, 0.4) is 0 Å². The van der Waals surface area contributed by atoms with E-state index in [1.54, 1.807) is 6.33 Å². The van der Waals surface area contributed by atoms with Crippen molar-refractivity contribution in [3.8, 4) is 0 Å². The molecule has 1 unspecified atom stereocenters. The average molecular weight is 200 g/mol. The topological polar surface area (TPSA) is 53.6 Å². The molecule has 3 rings (SSSR count). The third-order valence-corrected chi connectivity index (χ3v) is 2.73. The van der Waals surface area contributed by atoms with Gasteiger partial charge in [0.15, 0.2) is 0 Å². The minimum atomic E-state index is 0.140. The normalized spacial score (nSPS) is 19.9. The molecule has 15 heavy (non-hydrogen) atoms. The summed E-state index contributed by atoms with van der Waals surface area (Å²) in [6.45, 7) is 0.969. The summed E-state index contributed by atoms with van der Waals surface area (Å²) in [4.78, 5) is 11.9. The van der Waals surface area contributed by atoms with E-state index in [4.69, 9.17) is 0 Å². The molecular weight excluding hydrogens is 188 g/mol. The lowest BCUT2D eigenvalue weighted by molar-refractivity contribution is 0.543. The molecule has 1 aliphatic heterocycles. The number of nitrogens with zero attached hydrogens (tertiary/aromatic N) is 2. The quantitative estimate of drug-likeness (QED) is 0.723. The molecule has 0 bridgehead atoms. The van der Waals surface area contributed by atoms with Crippen LogP contribution in [0.5, 0.6) is 0 Å². The molecule has 4 heteroatoms. The lowest BCUT2D eigenvalue weighted by Gasteiger charge is -2.22. The summed E-state index contributed by atoms with van der Waals surface area (Å²) in [5, 5.41) is 3.43. The van der Waals surface area contributed by atoms with Gasteiger partial charge >= 0.3 is 0 Å². The number of fused-ring (bicyclic) bond motifs is 1. The Balaban J connectivity index is 2.03. The van der Waals surface area contributed by atoms with Gasteiger partial charge in [0.05, 0.1) is 23.8 Å². The Morgan fingerprint density at radius 3 is 3.13 bits per heavy atom. The summed E-state index contributed by atoms with van der Waals surface area (Å²) in [6, 6.07) is 6.10. The Labute approximate surface area is 87.8 Å². The number of H-pyrrole nitrogens is 1. The molecule has 1 aliphatic rings. The van der Waals surface area contributed by atoms with Crippen LogP contribution in [-0.2, 0) is 6.42 Å². The van der Waals surface area contributed by atoms with Crippen molar-refractivity contribution in [3.63, 3.8) is 0 Å². The minimum Gasteiger partial charge on any atom is -0.348 e. The Bertz CT molecular complexity index is 449. The fourth-order valence-electron chi connectivity index (χ4n) is 2.01. The summed E-state index contributed by atoms with van der Waals surface area (Å²) >= 11 is 0. The lowest BCUT2D eigenvalue weighted by atomic mass is 10.0. The first kappa shape index (κ1) is 8.61. The van der Waals surface area contributed by atoms with Gasteiger partial charge in [-0.3, -0.25) is 4.98 Å². The largest absolute Gasteiger partial charge is 0.348 e. The zero-order valence-corrected chi connectivity index (χ0v) is 8.27. The van der Waals surface area contributed by atoms with E-state index in [-0.39, 0.29) is 6.04 Å². The van der Waals surface area contributed by atoms with Crippen molar-refractivity contribution in [1.82, 2.24) is 20.3 Å². The zero-order chi connectivity index (χ0) is 10.1. The van der Waals surface area contributed by atoms with Gasteiger partial charge in [-0.15, -0.1) is 0 Å². The van der Waals surface area contributed by atoms with Gasteiger partial charge in [-0.2, -0.15) is 0 Å². The summed E-state index contributed by atoms with van der Waals surface area (Å²) in [6.07, 6.45) is 4.59. The van der Waals surface area contributed by atoms with Crippen LogP contribution in [0, 0.1) is 0 Å². The van der Waals surface area contributed by atoms with Crippen LogP contribution in [0.15, 0.2) is 30.7 Å². The van der Waals surface area contributed by atoms with Gasteiger partial charge in [-0.1, -0.05) is 6.07 Å². The Morgan fingerprint density at radius 1 is 1.27 bits per heavy atom. The van der Waals surface area contributed by atoms with E-state index in [1.165, 1.54) is 5.69 Å². The number of pyridine rings is 1. The van der Waals surface area contributed by atoms with E-state index in [2.05, 4.69) is 20.3 Å². The average Bonchev–Trinajstić information content (AvgIpc) is 2.78. The molecule has 3 heterocycles. The first-order valence-corrected chi connectivity index (χ1v) is 5.11. The Morgan fingerprint density at radius 2 is 2.27 bits per heavy atom. The van der Waals surface area contributed by atoms with Gasteiger partial charge in [0.1, 0.15) is 0 Å². The van der Waals surface area contributed by atoms with Gasteiger partial charge in [0.2, 0.25) is 0 Å². The van der Waals surface area contributed by atoms with Crippen LogP contribution in [0.25, 0.3) is 0 Å². The number of hydrogen-bond donors (Lipinski definition) is 2. The van der Waals surface area contributed by atoms with E-state index >= 15 is 0 Å². The van der Waals surface area contributed by atoms with E-state index < -0.39 is 0 Å². The molecule has 0 spiro atoms. The van der Waals surface area contributed by atoms with E-state index in [9.17, 15) is 0 Å². The standard InChI is InChI=1S/C11H12N4/c1-2-5-12-8(3-1)10-11-9(4-6-13-10)14-7-15-11/h1-3,5,7,10,13H,4,6H2,(H,14,15). The summed E-state index contributed by atoms with van der Waals surface area (Å²) in [5.74, 6) is 0. The van der Waals surface area contributed by atoms with Crippen LogP contribution < -0.4 is 5.32 Å². The molecule has 1 atom stereocenters. The number of aromatic nitrogens is 3. The molecule has 0 aliphatic carbocycles. The van der Waals surface area contributed by atoms with Crippen LogP contribution in [0.2, 0.25) is 0 Å². The van der Waals surface area contributed by atoms with Gasteiger partial charge < -0.3 is 10.3 Å². The number of imidazole rings is 1. The highest BCUT2D eigenvalue weighted by atomic mass is 15.0. The molecule has 0 fully saturated rings. The number of nitrogens with one attached hydrogen (secondary N) is 2. The molecule has 2 aromatic rings. The molecule has 0 saturated heterocycles. The fourth-order valence-corrected chi connectivity index (χ4v) is 2.01. The van der Waals surface area contributed by atoms with Gasteiger partial charge in [-0.05, 0) is 12.1 Å². The smallest absolute Gasteiger partial charge is 0.0943 e. The lowest BCUT2D eigenvalue weighted by Crippen LogP contribution is -2.31. The predicted octanol–water partition coefficient (Wildman–Crippen LogP) is 1.04. The molecule has 0 aromatic carbocycles. The molecule has 0 amide bonds. The van der Waals surface area contributed by atoms with Crippen molar-refractivity contribution in [2.24, 2.45) is 0 Å². The number of aromatic amines is 1. The fraction of sp³-hybridized carbons (Fsp3) is 0.273. The first-order chi connectivity index (χ1) is 7.45. The van der Waals surface area contributed by atoms with Crippen molar-refractivity contribution < 1.29 is 0 Å². The number of rotatable bonds is 1. The first-order valence-electron chi connectivity index (χ1n) is 5.11. The van der Waals surface area contributed by atoms with Crippen molar-refractivity contribution in [2.75, 3.05) is 6.54 Å². The highest BCUT2D eigenvalue weighted by molar-refractivity contribution is 5.27. The maximum Gasteiger partial charge on any atom is 0.0943 e. The second-order valence-electron chi connectivity index (χ2n) is 3.66. The molecule has 0 saturated carbocycles. The molecule has 4 nitrogen and oxygen atoms in total. The van der Waals surface area contributed by atoms with Crippen LogP contribution in [0.1, 0.15) is 23.1 Å². The third kappa shape index (κ3) is 1.43. The molecule has 2 N–H and O–H groups in total. The predicted molar refractivity (Wildman–Crippen MR) is 56.4 cm³/mol. The SMILES string of the molecule is c1ccc(C2NCCc3[nH]cnc32)nc1. The minimum absolute atomic E-state index is 0.140. The maximum atomic E-state index is 4.36. The second kappa shape index (κ2) is 3.47. The van der Waals surface area contributed by atoms with Crippen LogP contribution in [-0.4, -0.2) is 21.5 Å². The van der Waals surface area contributed by atoms with E-state index in [1.807, 2.05) is 24.4 Å². The summed E-state index contributed by atoms with van der Waals surface area (Å²) < 4.78 is 0. The van der Waals surface area contributed by atoms with Crippen molar-refractivity contribution in [3.05, 3.63) is 47.8 Å². The number of hydrogen-bond acceptors (Lipinski definition) is 3. The molecular formula is C11H12N4. The Hall–Kier alpha value is -1.68. The van der Waals surface area contributed by atoms with E-state index in [0.29, 0.717) is 0 Å². The van der Waals surface area contributed by atoms with E-state index in [0.717, 1.165) is 24.4 Å². The van der Waals surface area contributed by atoms with Gasteiger partial charge in [-0.25, -0.2) is 4.98 Å². The third-order valence-electron chi connectivity index (χ3n) is 2.73. The highest BCUT2D eigenvalue weighted by Crippen LogP contribution is 2.24. The Kier molecular flexibility index (Phi) is 1.99. The van der Waals surface area contributed by atoms with Crippen molar-refractivity contribution in [1.29, 1.82) is 0 Å². The van der Waals surface area contributed by atoms with Crippen LogP contribution >= 0.6 is 0 Å². The van der Waals surface area contributed by atoms with Crippen LogP contribution in [0.4, 0.5) is 0 Å². The maximum absolute atomic E-state index is 4.36. The molecule has 0 radical (unpaired) electrons. The molecule has 2 aromatic heterocycles. The van der Waals surface area contributed by atoms with Gasteiger partial charge in [0.25, 0.3) is 0 Å². The molecule has 76 valence electrons. The monoisotopic (exact) mass is 200 g/mol. The van der Waals surface area contributed by atoms with Crippen molar-refractivity contribution >= 4 is 0 Å². The van der Waals surface area contributed by atoms with Crippen molar-refractivity contribution in [2.45, 2.75) is 12.5 Å². The zero-order valence-electron chi connectivity index (χ0n) is 8.27. The van der Waals surface area contributed by atoms with Gasteiger partial charge in [0, 0.05) is 24.9 Å².